The lowest BCUT2D eigenvalue weighted by Gasteiger charge is -2.12. The van der Waals surface area contributed by atoms with Gasteiger partial charge < -0.3 is 26.0 Å². The Morgan fingerprint density at radius 3 is 1.12 bits per heavy atom. The van der Waals surface area contributed by atoms with Crippen LogP contribution >= 0.6 is 0 Å². The van der Waals surface area contributed by atoms with Crippen molar-refractivity contribution in [3.05, 3.63) is 214 Å². The summed E-state index contributed by atoms with van der Waals surface area (Å²) in [5.74, 6) is -6.88. The molecule has 2 amide bonds. The molecule has 0 unspecified atom stereocenters. The van der Waals surface area contributed by atoms with Gasteiger partial charge in [0.05, 0.1) is 74.9 Å². The van der Waals surface area contributed by atoms with Crippen molar-refractivity contribution in [2.75, 3.05) is 23.1 Å². The van der Waals surface area contributed by atoms with E-state index >= 15 is 0 Å². The van der Waals surface area contributed by atoms with Crippen LogP contribution in [0.2, 0.25) is 0 Å². The van der Waals surface area contributed by atoms with Crippen molar-refractivity contribution in [2.45, 2.75) is 67.7 Å². The third-order valence-electron chi connectivity index (χ3n) is 10.9. The molecule has 2 aromatic heterocycles. The second-order valence-electron chi connectivity index (χ2n) is 16.5. The summed E-state index contributed by atoms with van der Waals surface area (Å²) in [6, 6.07) is 41.5. The number of nitrogens with zero attached hydrogens (tertiary/aromatic N) is 2. The van der Waals surface area contributed by atoms with E-state index in [9.17, 15) is 70.5 Å². The molecule has 0 aliphatic heterocycles. The van der Waals surface area contributed by atoms with Gasteiger partial charge in [-0.3, -0.25) is 38.1 Å². The number of Topliss-reactive ketones (excluding diaryl/α,β-unsaturated/α-hetero) is 3. The third-order valence-corrected chi connectivity index (χ3v) is 10.9. The van der Waals surface area contributed by atoms with E-state index in [0.29, 0.717) is 68.2 Å². The number of fused-ring (bicyclic) bond motifs is 3. The monoisotopic (exact) mass is 1200 g/mol. The maximum atomic E-state index is 12.9. The first kappa shape index (κ1) is 71.4. The van der Waals surface area contributed by atoms with Crippen LogP contribution in [0.15, 0.2) is 158 Å². The maximum absolute atomic E-state index is 12.9. The summed E-state index contributed by atoms with van der Waals surface area (Å²) in [6.45, 7) is 16.0. The molecule has 6 aromatic carbocycles. The number of carbonyl (C=O) groups is 8. The van der Waals surface area contributed by atoms with Gasteiger partial charge in [-0.05, 0) is 54.6 Å². The fraction of sp³-hybridized carbons (Fsp3) is 0.194. The Morgan fingerprint density at radius 1 is 0.424 bits per heavy atom. The molecule has 21 nitrogen and oxygen atoms in total. The minimum absolute atomic E-state index is 0.00335. The van der Waals surface area contributed by atoms with E-state index < -0.39 is 61.7 Å². The van der Waals surface area contributed by atoms with Crippen molar-refractivity contribution in [1.29, 1.82) is 0 Å². The molecule has 448 valence electrons. The summed E-state index contributed by atoms with van der Waals surface area (Å²) in [6.07, 6.45) is 1.30. The lowest BCUT2D eigenvalue weighted by molar-refractivity contribution is 0.0683. The zero-order chi connectivity index (χ0) is 64.4. The fourth-order valence-electron chi connectivity index (χ4n) is 7.71. The highest BCUT2D eigenvalue weighted by atomic mass is 32.2. The molecule has 23 heteroatoms. The molecule has 0 saturated heterocycles. The normalized spacial score (nSPS) is 11.0. The van der Waals surface area contributed by atoms with Crippen molar-refractivity contribution < 1.29 is 79.6 Å². The predicted octanol–water partition coefficient (Wildman–Crippen LogP) is 11.8. The average Bonchev–Trinajstić information content (AvgIpc) is 2.05. The van der Waals surface area contributed by atoms with Crippen LogP contribution in [0.25, 0.3) is 21.8 Å². The Kier molecular flexibility index (Phi) is 28.6. The minimum Gasteiger partial charge on any atom is -0.478 e. The van der Waals surface area contributed by atoms with Crippen molar-refractivity contribution in [2.24, 2.45) is 0 Å². The number of para-hydroxylation sites is 2. The van der Waals surface area contributed by atoms with E-state index in [0.717, 1.165) is 0 Å². The van der Waals surface area contributed by atoms with E-state index in [1.54, 1.807) is 115 Å². The van der Waals surface area contributed by atoms with Gasteiger partial charge in [0.25, 0.3) is 32.1 Å². The molecular weight excluding hydrogens is 1140 g/mol. The molecular formula is C62H66N4O17S2. The molecule has 1 aliphatic carbocycles. The number of hydrogen-bond donors (Lipinski definition) is 7. The summed E-state index contributed by atoms with van der Waals surface area (Å²) in [4.78, 5) is 108. The number of benzene rings is 6. The smallest absolute Gasteiger partial charge is 0.336 e. The number of carboxylic acids is 3. The van der Waals surface area contributed by atoms with Crippen LogP contribution in [-0.2, 0) is 26.7 Å². The topological polar surface area (TPSA) is 356 Å². The molecule has 7 N–H and O–H groups in total. The van der Waals surface area contributed by atoms with Crippen LogP contribution in [-0.4, -0.2) is 111 Å². The number of ketones is 3. The first-order valence-corrected chi connectivity index (χ1v) is 29.9. The molecule has 0 spiro atoms. The van der Waals surface area contributed by atoms with Crippen LogP contribution in [0.4, 0.5) is 11.4 Å². The van der Waals surface area contributed by atoms with Crippen LogP contribution in [0.1, 0.15) is 156 Å². The number of anilines is 2. The number of amides is 2. The van der Waals surface area contributed by atoms with E-state index in [1.807, 2.05) is 55.4 Å². The van der Waals surface area contributed by atoms with Crippen molar-refractivity contribution >= 4 is 100 Å². The van der Waals surface area contributed by atoms with Crippen molar-refractivity contribution in [1.82, 2.24) is 9.97 Å². The number of aromatic nitrogens is 2. The van der Waals surface area contributed by atoms with Crippen molar-refractivity contribution in [3.8, 4) is 0 Å². The first-order valence-electron chi connectivity index (χ1n) is 26.2. The van der Waals surface area contributed by atoms with Gasteiger partial charge in [0.2, 0.25) is 0 Å². The highest BCUT2D eigenvalue weighted by molar-refractivity contribution is 7.85. The van der Waals surface area contributed by atoms with Gasteiger partial charge in [0.1, 0.15) is 5.92 Å². The summed E-state index contributed by atoms with van der Waals surface area (Å²) in [5.41, 5.74) is 2.71. The fourth-order valence-corrected chi connectivity index (χ4v) is 7.71. The average molecular weight is 1200 g/mol. The number of pyridine rings is 2. The highest BCUT2D eigenvalue weighted by Crippen LogP contribution is 2.35. The van der Waals surface area contributed by atoms with E-state index in [1.165, 1.54) is 42.5 Å². The van der Waals surface area contributed by atoms with Gasteiger partial charge in [-0.25, -0.2) is 19.4 Å². The Bertz CT molecular complexity index is 3860. The van der Waals surface area contributed by atoms with E-state index in [4.69, 9.17) is 9.11 Å². The molecule has 2 heterocycles. The molecule has 85 heavy (non-hydrogen) atoms. The predicted molar refractivity (Wildman–Crippen MR) is 326 cm³/mol. The Balaban J connectivity index is 0.000000454. The summed E-state index contributed by atoms with van der Waals surface area (Å²) < 4.78 is 51.7. The zero-order valence-electron chi connectivity index (χ0n) is 48.1. The van der Waals surface area contributed by atoms with Crippen molar-refractivity contribution in [3.63, 3.8) is 0 Å². The second kappa shape index (κ2) is 34.1. The number of hydrogen-bond acceptors (Lipinski definition) is 14. The Labute approximate surface area is 492 Å². The Hall–Kier alpha value is -9.68. The SMILES string of the molecule is CC.CC.CC.CC.CS(=O)(=O)O.CS(=O)(=O)O.O=C(O)c1ccccc1C(=O)Cc1ccc2cccc(NC(=O)c3ccccc3C(=O)O)c2n1.O=C(O)c1ccccc1C(=O)Nc1cccc2ccc(C3C(=O)c4ccccc4C3=O)nc12. The summed E-state index contributed by atoms with van der Waals surface area (Å²) in [5, 5.41) is 34.9. The minimum atomic E-state index is -3.67. The molecule has 9 rings (SSSR count). The molecule has 0 saturated carbocycles. The lowest BCUT2D eigenvalue weighted by atomic mass is 9.98. The quantitative estimate of drug-likeness (QED) is 0.0359. The van der Waals surface area contributed by atoms with Gasteiger partial charge >= 0.3 is 17.9 Å². The standard InChI is InChI=1S/C26H18N2O6.C26H16N2O5.4C2H6.2CH4O3S/c29-22(17-7-1-3-9-19(17)25(31)32)14-16-13-12-15-6-5-11-21(23(15)27-16)28-24(30)18-8-2-4-10-20(18)26(33)34;29-23-15-7-1-2-8-16(15)24(30)21(23)19-13-12-14-6-5-11-20(22(14)27-19)28-25(31)17-9-3-4-10-18(17)26(32)33;4*1-2;2*1-5(2,3)4/h1-13H,14H2,(H,28,30)(H,31,32)(H,33,34);1-13,21H,(H,28,31)(H,32,33);4*1-2H3;2*1H3,(H,2,3,4). The van der Waals surface area contributed by atoms with Gasteiger partial charge in [-0.2, -0.15) is 16.8 Å². The van der Waals surface area contributed by atoms with Gasteiger partial charge in [-0.15, -0.1) is 0 Å². The number of carboxylic acid groups (broad SMARTS) is 3. The van der Waals surface area contributed by atoms with Gasteiger partial charge in [-0.1, -0.05) is 159 Å². The molecule has 0 fully saturated rings. The largest absolute Gasteiger partial charge is 0.478 e. The van der Waals surface area contributed by atoms with E-state index in [2.05, 4.69) is 20.6 Å². The molecule has 8 aromatic rings. The maximum Gasteiger partial charge on any atom is 0.336 e. The summed E-state index contributed by atoms with van der Waals surface area (Å²) in [7, 11) is -7.33. The Morgan fingerprint density at radius 2 is 0.741 bits per heavy atom. The van der Waals surface area contributed by atoms with E-state index in [-0.39, 0.29) is 51.4 Å². The second-order valence-corrected chi connectivity index (χ2v) is 19.5. The molecule has 1 aliphatic rings. The van der Waals surface area contributed by atoms with Crippen LogP contribution in [0, 0.1) is 0 Å². The molecule has 0 radical (unpaired) electrons. The van der Waals surface area contributed by atoms with Gasteiger partial charge in [0.15, 0.2) is 17.3 Å². The number of rotatable bonds is 11. The van der Waals surface area contributed by atoms with Gasteiger partial charge in [0, 0.05) is 33.2 Å². The summed E-state index contributed by atoms with van der Waals surface area (Å²) >= 11 is 0. The number of nitrogens with one attached hydrogen (secondary N) is 2. The van der Waals surface area contributed by atoms with Crippen LogP contribution in [0.3, 0.4) is 0 Å². The van der Waals surface area contributed by atoms with Crippen LogP contribution < -0.4 is 10.6 Å². The highest BCUT2D eigenvalue weighted by Gasteiger charge is 2.40. The number of aromatic carboxylic acids is 3. The molecule has 0 bridgehead atoms. The first-order chi connectivity index (χ1) is 40.3. The zero-order valence-corrected chi connectivity index (χ0v) is 49.8. The number of carbonyl (C=O) groups excluding carboxylic acids is 5. The molecule has 0 atom stereocenters. The van der Waals surface area contributed by atoms with Crippen LogP contribution in [0.5, 0.6) is 0 Å². The third kappa shape index (κ3) is 20.9. The lowest BCUT2D eigenvalue weighted by Crippen LogP contribution is -2.17.